The number of nitrogens with zero attached hydrogens (tertiary/aromatic N) is 4. The molecule has 4 heterocycles. The van der Waals surface area contributed by atoms with Gasteiger partial charge in [-0.05, 0) is 32.8 Å². The molecule has 5 nitrogen and oxygen atoms in total. The molecule has 0 spiro atoms. The van der Waals surface area contributed by atoms with Crippen LogP contribution in [0.3, 0.4) is 0 Å². The van der Waals surface area contributed by atoms with E-state index in [9.17, 15) is 0 Å². The topological polar surface area (TPSA) is 54.5 Å². The van der Waals surface area contributed by atoms with Crippen molar-refractivity contribution in [1.82, 2.24) is 9.97 Å². The highest BCUT2D eigenvalue weighted by molar-refractivity contribution is 6.28. The first kappa shape index (κ1) is 15.6. The van der Waals surface area contributed by atoms with Crippen molar-refractivity contribution in [2.24, 2.45) is 4.99 Å². The molecular formula is C15H18Cl2N4O. The van der Waals surface area contributed by atoms with Crippen LogP contribution in [-0.4, -0.2) is 34.0 Å². The molecule has 0 amide bonds. The van der Waals surface area contributed by atoms with E-state index < -0.39 is 4.87 Å². The predicted octanol–water partition coefficient (Wildman–Crippen LogP) is 2.04. The molecule has 0 bridgehead atoms. The fourth-order valence-electron chi connectivity index (χ4n) is 2.99. The summed E-state index contributed by atoms with van der Waals surface area (Å²) < 4.78 is 5.97. The monoisotopic (exact) mass is 340 g/mol. The maximum absolute atomic E-state index is 6.53. The van der Waals surface area contributed by atoms with Crippen molar-refractivity contribution in [2.45, 2.75) is 37.6 Å². The van der Waals surface area contributed by atoms with E-state index in [0.717, 1.165) is 35.2 Å². The normalized spacial score (nSPS) is 27.0. The number of hydrogen-bond donors (Lipinski definition) is 0. The largest absolute Gasteiger partial charge is 0.432 e. The number of anilines is 1. The van der Waals surface area contributed by atoms with E-state index in [1.807, 2.05) is 19.9 Å². The van der Waals surface area contributed by atoms with Crippen LogP contribution in [-0.2, 0) is 0 Å². The lowest BCUT2D eigenvalue weighted by molar-refractivity contribution is 0.501. The minimum atomic E-state index is -0.511. The zero-order valence-corrected chi connectivity index (χ0v) is 14.1. The number of hydrogen-bond acceptors (Lipinski definition) is 5. The highest BCUT2D eigenvalue weighted by Gasteiger charge is 2.30. The molecule has 2 atom stereocenters. The SMILES string of the molecule is CC1N=c2oc3c(N4CCCC4)ncnc3c2=CC1(C)Cl.Cl. The lowest BCUT2D eigenvalue weighted by Gasteiger charge is -2.23. The second kappa shape index (κ2) is 5.39. The summed E-state index contributed by atoms with van der Waals surface area (Å²) in [6.45, 7) is 5.99. The molecule has 2 aromatic rings. The summed E-state index contributed by atoms with van der Waals surface area (Å²) in [5, 5.41) is 0.892. The fourth-order valence-corrected chi connectivity index (χ4v) is 3.15. The molecule has 2 aromatic heterocycles. The van der Waals surface area contributed by atoms with Crippen LogP contribution >= 0.6 is 24.0 Å². The van der Waals surface area contributed by atoms with E-state index in [1.54, 1.807) is 6.33 Å². The first-order chi connectivity index (χ1) is 10.1. The molecule has 2 aliphatic rings. The minimum Gasteiger partial charge on any atom is -0.432 e. The summed E-state index contributed by atoms with van der Waals surface area (Å²) in [5.41, 5.74) is 2.16. The Morgan fingerprint density at radius 1 is 1.32 bits per heavy atom. The standard InChI is InChI=1S/C15H17ClN4O.ClH/c1-9-15(2,16)7-10-11-12(21-14(10)19-9)13(18-8-17-11)20-5-3-4-6-20;/h7-9H,3-6H2,1-2H3;1H. The molecule has 0 saturated carbocycles. The average molecular weight is 341 g/mol. The van der Waals surface area contributed by atoms with Gasteiger partial charge in [0, 0.05) is 13.1 Å². The van der Waals surface area contributed by atoms with Crippen molar-refractivity contribution in [2.75, 3.05) is 18.0 Å². The molecule has 2 aliphatic heterocycles. The van der Waals surface area contributed by atoms with Crippen LogP contribution in [0.1, 0.15) is 26.7 Å². The Kier molecular flexibility index (Phi) is 3.81. The quantitative estimate of drug-likeness (QED) is 0.745. The molecule has 1 saturated heterocycles. The van der Waals surface area contributed by atoms with Crippen molar-refractivity contribution in [1.29, 1.82) is 0 Å². The van der Waals surface area contributed by atoms with Crippen LogP contribution in [0.15, 0.2) is 15.7 Å². The van der Waals surface area contributed by atoms with Gasteiger partial charge in [-0.2, -0.15) is 0 Å². The van der Waals surface area contributed by atoms with Crippen molar-refractivity contribution in [3.63, 3.8) is 0 Å². The van der Waals surface area contributed by atoms with E-state index in [0.29, 0.717) is 5.55 Å². The summed E-state index contributed by atoms with van der Waals surface area (Å²) in [5.74, 6) is 0.874. The highest BCUT2D eigenvalue weighted by Crippen LogP contribution is 2.28. The minimum absolute atomic E-state index is 0. The van der Waals surface area contributed by atoms with Gasteiger partial charge in [-0.1, -0.05) is 0 Å². The van der Waals surface area contributed by atoms with Crippen LogP contribution in [0.25, 0.3) is 17.2 Å². The Labute approximate surface area is 139 Å². The first-order valence-corrected chi connectivity index (χ1v) is 7.72. The third-order valence-electron chi connectivity index (χ3n) is 4.43. The Balaban J connectivity index is 0.00000144. The van der Waals surface area contributed by atoms with Crippen molar-refractivity contribution < 1.29 is 4.42 Å². The van der Waals surface area contributed by atoms with Crippen molar-refractivity contribution >= 4 is 47.0 Å². The fraction of sp³-hybridized carbons (Fsp3) is 0.533. The smallest absolute Gasteiger partial charge is 0.224 e. The van der Waals surface area contributed by atoms with E-state index in [1.165, 1.54) is 12.8 Å². The lowest BCUT2D eigenvalue weighted by atomic mass is 10.00. The predicted molar refractivity (Wildman–Crippen MR) is 89.5 cm³/mol. The van der Waals surface area contributed by atoms with Crippen molar-refractivity contribution in [3.8, 4) is 0 Å². The van der Waals surface area contributed by atoms with Gasteiger partial charge in [-0.3, -0.25) is 0 Å². The van der Waals surface area contributed by atoms with Crippen molar-refractivity contribution in [3.05, 3.63) is 17.1 Å². The maximum atomic E-state index is 6.53. The van der Waals surface area contributed by atoms with Crippen LogP contribution in [0.4, 0.5) is 5.82 Å². The van der Waals surface area contributed by atoms with Crippen LogP contribution in [0, 0.1) is 0 Å². The van der Waals surface area contributed by atoms with Gasteiger partial charge in [-0.15, -0.1) is 24.0 Å². The number of aromatic nitrogens is 2. The third-order valence-corrected chi connectivity index (χ3v) is 4.85. The van der Waals surface area contributed by atoms with Crippen LogP contribution in [0.2, 0.25) is 0 Å². The van der Waals surface area contributed by atoms with E-state index in [-0.39, 0.29) is 18.4 Å². The zero-order chi connectivity index (χ0) is 14.6. The molecule has 0 aromatic carbocycles. The van der Waals surface area contributed by atoms with Crippen LogP contribution in [0.5, 0.6) is 0 Å². The van der Waals surface area contributed by atoms with Gasteiger partial charge < -0.3 is 9.32 Å². The number of halogens is 2. The Morgan fingerprint density at radius 2 is 2.05 bits per heavy atom. The van der Waals surface area contributed by atoms with Gasteiger partial charge in [0.15, 0.2) is 11.4 Å². The summed E-state index contributed by atoms with van der Waals surface area (Å²) in [6.07, 6.45) is 6.00. The molecule has 2 unspecified atom stereocenters. The lowest BCUT2D eigenvalue weighted by Crippen LogP contribution is -2.40. The van der Waals surface area contributed by atoms with Gasteiger partial charge in [0.05, 0.1) is 16.1 Å². The summed E-state index contributed by atoms with van der Waals surface area (Å²) in [6, 6.07) is -0.0320. The summed E-state index contributed by atoms with van der Waals surface area (Å²) in [7, 11) is 0. The number of furan rings is 1. The highest BCUT2D eigenvalue weighted by atomic mass is 35.5. The molecule has 7 heteroatoms. The average Bonchev–Trinajstić information content (AvgIpc) is 3.07. The molecular weight excluding hydrogens is 323 g/mol. The van der Waals surface area contributed by atoms with E-state index in [2.05, 4.69) is 19.9 Å². The second-order valence-corrected chi connectivity index (χ2v) is 6.81. The number of rotatable bonds is 1. The molecule has 4 rings (SSSR count). The molecule has 118 valence electrons. The zero-order valence-electron chi connectivity index (χ0n) is 12.5. The summed E-state index contributed by atoms with van der Waals surface area (Å²) in [4.78, 5) is 15.1. The maximum Gasteiger partial charge on any atom is 0.224 e. The molecule has 0 N–H and O–H groups in total. The Bertz CT molecular complexity index is 824. The molecule has 1 fully saturated rings. The van der Waals surface area contributed by atoms with Crippen LogP contribution < -0.4 is 15.7 Å². The van der Waals surface area contributed by atoms with Gasteiger partial charge in [0.1, 0.15) is 11.8 Å². The van der Waals surface area contributed by atoms with E-state index >= 15 is 0 Å². The first-order valence-electron chi connectivity index (χ1n) is 7.34. The second-order valence-electron chi connectivity index (χ2n) is 5.99. The Morgan fingerprint density at radius 3 is 2.77 bits per heavy atom. The Hall–Kier alpha value is -1.33. The molecule has 0 radical (unpaired) electrons. The summed E-state index contributed by atoms with van der Waals surface area (Å²) >= 11 is 6.53. The number of alkyl halides is 1. The van der Waals surface area contributed by atoms with E-state index in [4.69, 9.17) is 16.0 Å². The molecule has 22 heavy (non-hydrogen) atoms. The van der Waals surface area contributed by atoms with Gasteiger partial charge in [0.25, 0.3) is 0 Å². The van der Waals surface area contributed by atoms with Gasteiger partial charge in [-0.25, -0.2) is 15.0 Å². The third kappa shape index (κ3) is 2.27. The molecule has 0 aliphatic carbocycles. The van der Waals surface area contributed by atoms with Gasteiger partial charge >= 0.3 is 0 Å². The van der Waals surface area contributed by atoms with Gasteiger partial charge in [0.2, 0.25) is 5.55 Å². The number of fused-ring (bicyclic) bond motifs is 3.